The molecule has 0 saturated heterocycles. The summed E-state index contributed by atoms with van der Waals surface area (Å²) in [6.45, 7) is 19.5. The summed E-state index contributed by atoms with van der Waals surface area (Å²) in [6, 6.07) is 8.81. The van der Waals surface area contributed by atoms with E-state index >= 15 is 0 Å². The molecule has 0 bridgehead atoms. The molecule has 0 aromatic heterocycles. The Labute approximate surface area is 140 Å². The summed E-state index contributed by atoms with van der Waals surface area (Å²) in [5.41, 5.74) is 1.51. The first-order chi connectivity index (χ1) is 8.21. The SMILES string of the molecule is CC(C)(C)[PH+](CCc1ccc[cH-]1)C(C)(C)C.[CH2-]C.[CH3-].[Co+2]. The zero-order valence-electron chi connectivity index (χ0n) is 14.8. The fourth-order valence-electron chi connectivity index (χ4n) is 2.72. The molecule has 0 amide bonds. The zero-order valence-corrected chi connectivity index (χ0v) is 16.8. The molecule has 0 nitrogen and oxygen atoms in total. The first-order valence-corrected chi connectivity index (χ1v) is 8.70. The van der Waals surface area contributed by atoms with Gasteiger partial charge in [-0.3, -0.25) is 0 Å². The van der Waals surface area contributed by atoms with Crippen molar-refractivity contribution in [1.82, 2.24) is 0 Å². The molecule has 2 heteroatoms. The molecule has 0 aliphatic carbocycles. The molecule has 20 heavy (non-hydrogen) atoms. The Hall–Kier alpha value is 0.286. The van der Waals surface area contributed by atoms with Crippen molar-refractivity contribution in [3.8, 4) is 0 Å². The number of hydrogen-bond donors (Lipinski definition) is 0. The van der Waals surface area contributed by atoms with Gasteiger partial charge in [-0.25, -0.2) is 12.1 Å². The van der Waals surface area contributed by atoms with E-state index in [9.17, 15) is 0 Å². The van der Waals surface area contributed by atoms with Crippen LogP contribution in [0.4, 0.5) is 0 Å². The molecule has 0 atom stereocenters. The second-order valence-corrected chi connectivity index (χ2v) is 11.2. The maximum atomic E-state index is 3.25. The van der Waals surface area contributed by atoms with Crippen molar-refractivity contribution in [2.75, 3.05) is 6.16 Å². The van der Waals surface area contributed by atoms with Crippen LogP contribution in [0, 0.1) is 14.4 Å². The number of aryl methyl sites for hydroxylation is 1. The molecule has 0 spiro atoms. The van der Waals surface area contributed by atoms with Gasteiger partial charge >= 0.3 is 16.8 Å². The van der Waals surface area contributed by atoms with E-state index in [0.29, 0.717) is 10.3 Å². The van der Waals surface area contributed by atoms with Gasteiger partial charge in [0.1, 0.15) is 0 Å². The van der Waals surface area contributed by atoms with E-state index in [0.717, 1.165) is 0 Å². The van der Waals surface area contributed by atoms with Gasteiger partial charge in [-0.05, 0) is 48.0 Å². The summed E-state index contributed by atoms with van der Waals surface area (Å²) in [5, 5.41) is 0.991. The van der Waals surface area contributed by atoms with E-state index in [1.807, 2.05) is 0 Å². The van der Waals surface area contributed by atoms with Crippen molar-refractivity contribution in [1.29, 1.82) is 0 Å². The molecular formula is C18H35CoP. The minimum absolute atomic E-state index is 0. The molecule has 0 fully saturated rings. The van der Waals surface area contributed by atoms with Gasteiger partial charge in [0.25, 0.3) is 0 Å². The Morgan fingerprint density at radius 1 is 1.05 bits per heavy atom. The van der Waals surface area contributed by atoms with Crippen LogP contribution in [0.5, 0.6) is 0 Å². The molecule has 1 aromatic rings. The molecule has 0 heterocycles. The van der Waals surface area contributed by atoms with Gasteiger partial charge in [-0.1, -0.05) is 0 Å². The van der Waals surface area contributed by atoms with E-state index in [1.165, 1.54) is 18.1 Å². The third kappa shape index (κ3) is 9.26. The summed E-state index contributed by atoms with van der Waals surface area (Å²) in [7, 11) is -0.351. The number of hydrogen-bond acceptors (Lipinski definition) is 0. The second-order valence-electron chi connectivity index (χ2n) is 6.77. The average molecular weight is 341 g/mol. The van der Waals surface area contributed by atoms with Gasteiger partial charge in [-0.15, -0.1) is 0 Å². The predicted molar refractivity (Wildman–Crippen MR) is 95.9 cm³/mol. The summed E-state index contributed by atoms with van der Waals surface area (Å²) >= 11 is 0. The Bertz CT molecular complexity index is 287. The quantitative estimate of drug-likeness (QED) is 0.464. The Balaban J connectivity index is -0.000000689. The Kier molecular flexibility index (Phi) is 13.8. The van der Waals surface area contributed by atoms with Gasteiger partial charge in [0.2, 0.25) is 0 Å². The topological polar surface area (TPSA) is 0 Å². The van der Waals surface area contributed by atoms with Crippen molar-refractivity contribution in [3.63, 3.8) is 0 Å². The summed E-state index contributed by atoms with van der Waals surface area (Å²) < 4.78 is 0. The minimum Gasteiger partial charge on any atom is -0.358 e. The maximum absolute atomic E-state index is 3.25. The van der Waals surface area contributed by atoms with Crippen LogP contribution in [-0.4, -0.2) is 16.5 Å². The van der Waals surface area contributed by atoms with Crippen molar-refractivity contribution < 1.29 is 16.8 Å². The van der Waals surface area contributed by atoms with Gasteiger partial charge in [0.05, 0.1) is 16.5 Å². The van der Waals surface area contributed by atoms with Crippen LogP contribution in [0.25, 0.3) is 0 Å². The van der Waals surface area contributed by atoms with Crippen LogP contribution < -0.4 is 0 Å². The summed E-state index contributed by atoms with van der Waals surface area (Å²) in [6.07, 6.45) is 2.65. The average Bonchev–Trinajstić information content (AvgIpc) is 2.69. The van der Waals surface area contributed by atoms with Crippen LogP contribution in [0.3, 0.4) is 0 Å². The molecular weight excluding hydrogens is 306 g/mol. The first kappa shape index (κ1) is 25.3. The molecule has 0 unspecified atom stereocenters. The van der Waals surface area contributed by atoms with Gasteiger partial charge in [0.15, 0.2) is 0 Å². The molecule has 0 saturated carbocycles. The maximum Gasteiger partial charge on any atom is 2.00 e. The van der Waals surface area contributed by atoms with Crippen LogP contribution in [0.15, 0.2) is 24.3 Å². The van der Waals surface area contributed by atoms with Crippen LogP contribution in [0.1, 0.15) is 54.0 Å². The van der Waals surface area contributed by atoms with Crippen molar-refractivity contribution in [2.24, 2.45) is 0 Å². The monoisotopic (exact) mass is 341 g/mol. The molecule has 0 aliphatic rings. The summed E-state index contributed by atoms with van der Waals surface area (Å²) in [5.74, 6) is 0. The van der Waals surface area contributed by atoms with Crippen LogP contribution in [0.2, 0.25) is 0 Å². The van der Waals surface area contributed by atoms with E-state index in [4.69, 9.17) is 0 Å². The standard InChI is InChI=1S/C15H26P.C2H5.CH3.Co/c1-14(2,3)16(15(4,5)6)12-11-13-9-7-8-10-13;1-2;;/h7-10H,11-12H2,1-6H3;1H2,2H3;1H3;/q3*-1;+2/p+1. The zero-order chi connectivity index (χ0) is 14.4. The van der Waals surface area contributed by atoms with Crippen LogP contribution >= 0.6 is 7.92 Å². The fourth-order valence-corrected chi connectivity index (χ4v) is 7.01. The minimum atomic E-state index is -0.351. The largest absolute Gasteiger partial charge is 2.00 e. The molecule has 1 aromatic carbocycles. The smallest absolute Gasteiger partial charge is 0.358 e. The van der Waals surface area contributed by atoms with E-state index in [2.05, 4.69) is 72.7 Å². The van der Waals surface area contributed by atoms with Crippen molar-refractivity contribution in [2.45, 2.75) is 65.2 Å². The first-order valence-electron chi connectivity index (χ1n) is 6.99. The van der Waals surface area contributed by atoms with Crippen LogP contribution in [-0.2, 0) is 23.2 Å². The molecule has 121 valence electrons. The Morgan fingerprint density at radius 2 is 1.50 bits per heavy atom. The predicted octanol–water partition coefficient (Wildman–Crippen LogP) is 6.05. The second kappa shape index (κ2) is 10.9. The van der Waals surface area contributed by atoms with E-state index in [-0.39, 0.29) is 32.1 Å². The molecule has 0 N–H and O–H groups in total. The fraction of sp³-hybridized carbons (Fsp3) is 0.611. The van der Waals surface area contributed by atoms with Gasteiger partial charge in [0, 0.05) is 7.92 Å². The van der Waals surface area contributed by atoms with E-state index < -0.39 is 0 Å². The molecule has 1 rings (SSSR count). The molecule has 0 aliphatic heterocycles. The third-order valence-electron chi connectivity index (χ3n) is 3.21. The van der Waals surface area contributed by atoms with Crippen molar-refractivity contribution in [3.05, 3.63) is 44.2 Å². The van der Waals surface area contributed by atoms with E-state index in [1.54, 1.807) is 6.92 Å². The molecule has 1 radical (unpaired) electrons. The normalized spacial score (nSPS) is 11.1. The van der Waals surface area contributed by atoms with Crippen molar-refractivity contribution >= 4 is 7.92 Å². The van der Waals surface area contributed by atoms with Gasteiger partial charge < -0.3 is 14.4 Å². The summed E-state index contributed by atoms with van der Waals surface area (Å²) in [4.78, 5) is 0. The Morgan fingerprint density at radius 3 is 1.80 bits per heavy atom. The number of rotatable bonds is 3. The third-order valence-corrected chi connectivity index (χ3v) is 7.58. The van der Waals surface area contributed by atoms with Gasteiger partial charge in [-0.2, -0.15) is 24.6 Å².